The van der Waals surface area contributed by atoms with Gasteiger partial charge in [-0.15, -0.1) is 5.06 Å². The van der Waals surface area contributed by atoms with Gasteiger partial charge < -0.3 is 48.2 Å². The van der Waals surface area contributed by atoms with Crippen LogP contribution in [0.4, 0.5) is 15.4 Å². The second kappa shape index (κ2) is 18.2. The highest BCUT2D eigenvalue weighted by Crippen LogP contribution is 2.29. The molecule has 0 aliphatic carbocycles. The molecule has 0 bridgehead atoms. The molecule has 2 N–H and O–H groups in total. The van der Waals surface area contributed by atoms with Gasteiger partial charge in [0.1, 0.15) is 37.2 Å². The van der Waals surface area contributed by atoms with Crippen LogP contribution in [-0.2, 0) is 37.4 Å². The number of hydroxylamine groups is 2. The standard InChI is InChI=1S/C37H45N5O10.HI/c1-9-21-48-35(47)39-30-28(22-41(40(30)8)20-12-19-38-34(46)51-37(5,6)7)24-15-17-25(18-16-24)49-23-29(33(45)50-36(2,3)4)52-42-31(43)26-13-10-11-14-27(26)32(42)44;/h9-11,13-18,22,29H,1,12,19-21,23H2,2-8H3,(H,38,46);1H. The number of amides is 4. The number of anilines is 1. The van der Waals surface area contributed by atoms with Crippen LogP contribution in [0.25, 0.3) is 11.1 Å². The number of aryl methyl sites for hydroxylation is 1. The number of rotatable bonds is 14. The van der Waals surface area contributed by atoms with Crippen LogP contribution in [0, 0.1) is 0 Å². The lowest BCUT2D eigenvalue weighted by molar-refractivity contribution is -0.740. The number of ether oxygens (including phenoxy) is 4. The van der Waals surface area contributed by atoms with Gasteiger partial charge in [-0.25, -0.2) is 19.1 Å². The van der Waals surface area contributed by atoms with Gasteiger partial charge in [-0.2, -0.15) is 14.8 Å². The molecule has 1 atom stereocenters. The number of aromatic nitrogens is 2. The van der Waals surface area contributed by atoms with Gasteiger partial charge in [-0.1, -0.05) is 36.9 Å². The summed E-state index contributed by atoms with van der Waals surface area (Å²) in [7, 11) is 1.77. The van der Waals surface area contributed by atoms with Crippen LogP contribution < -0.4 is 44.0 Å². The summed E-state index contributed by atoms with van der Waals surface area (Å²) in [6, 6.07) is 13.1. The van der Waals surface area contributed by atoms with Gasteiger partial charge in [-0.05, 0) is 77.8 Å². The Morgan fingerprint density at radius 3 is 2.06 bits per heavy atom. The molecule has 53 heavy (non-hydrogen) atoms. The smallest absolute Gasteiger partial charge is 0.505 e. The first kappa shape index (κ1) is 42.4. The molecule has 1 unspecified atom stereocenters. The summed E-state index contributed by atoms with van der Waals surface area (Å²) in [6.07, 6.45) is 1.23. The van der Waals surface area contributed by atoms with Crippen molar-refractivity contribution >= 4 is 35.8 Å². The number of hydrogen-bond acceptors (Lipinski definition) is 10. The highest BCUT2D eigenvalue weighted by Gasteiger charge is 2.40. The summed E-state index contributed by atoms with van der Waals surface area (Å²) in [5, 5.41) is 6.08. The van der Waals surface area contributed by atoms with Gasteiger partial charge in [0.05, 0.1) is 29.4 Å². The predicted octanol–water partition coefficient (Wildman–Crippen LogP) is 1.95. The van der Waals surface area contributed by atoms with E-state index >= 15 is 0 Å². The maximum absolute atomic E-state index is 13.1. The highest BCUT2D eigenvalue weighted by atomic mass is 127. The van der Waals surface area contributed by atoms with Gasteiger partial charge in [0.25, 0.3) is 11.8 Å². The minimum absolute atomic E-state index is 0. The van der Waals surface area contributed by atoms with Gasteiger partial charge in [0, 0.05) is 6.54 Å². The Hall–Kier alpha value is -4.97. The number of nitrogens with one attached hydrogen (secondary N) is 2. The maximum atomic E-state index is 13.1. The third kappa shape index (κ3) is 11.8. The molecular weight excluding hydrogens is 801 g/mol. The maximum Gasteiger partial charge on any atom is 0.505 e. The van der Waals surface area contributed by atoms with E-state index in [0.717, 1.165) is 0 Å². The topological polar surface area (TPSA) is 168 Å². The Labute approximate surface area is 325 Å². The van der Waals surface area contributed by atoms with Gasteiger partial charge in [0.2, 0.25) is 6.10 Å². The molecule has 0 radical (unpaired) electrons. The number of halogens is 1. The van der Waals surface area contributed by atoms with Crippen molar-refractivity contribution in [1.29, 1.82) is 0 Å². The summed E-state index contributed by atoms with van der Waals surface area (Å²) in [6.45, 7) is 14.5. The fourth-order valence-corrected chi connectivity index (χ4v) is 4.99. The molecule has 0 saturated carbocycles. The molecule has 0 spiro atoms. The zero-order chi connectivity index (χ0) is 38.2. The first-order valence-electron chi connectivity index (χ1n) is 16.7. The molecule has 0 fully saturated rings. The van der Waals surface area contributed by atoms with Gasteiger partial charge >= 0.3 is 24.0 Å². The van der Waals surface area contributed by atoms with Crippen LogP contribution in [-0.4, -0.2) is 76.8 Å². The van der Waals surface area contributed by atoms with Crippen LogP contribution in [0.15, 0.2) is 67.4 Å². The van der Waals surface area contributed by atoms with E-state index in [1.54, 1.807) is 89.7 Å². The molecule has 1 aliphatic rings. The summed E-state index contributed by atoms with van der Waals surface area (Å²) in [5.41, 5.74) is 0.198. The highest BCUT2D eigenvalue weighted by molar-refractivity contribution is 6.20. The summed E-state index contributed by atoms with van der Waals surface area (Å²) in [5.74, 6) is -1.43. The molecule has 286 valence electrons. The normalized spacial score (nSPS) is 13.0. The second-order valence-corrected chi connectivity index (χ2v) is 13.8. The van der Waals surface area contributed by atoms with E-state index in [1.807, 2.05) is 10.9 Å². The Balaban J connectivity index is 0.00000756. The van der Waals surface area contributed by atoms with Crippen molar-refractivity contribution in [2.75, 3.05) is 25.1 Å². The molecule has 16 heteroatoms. The third-order valence-corrected chi connectivity index (χ3v) is 7.25. The van der Waals surface area contributed by atoms with E-state index in [1.165, 1.54) is 18.2 Å². The minimum Gasteiger partial charge on any atom is -1.00 e. The fourth-order valence-electron chi connectivity index (χ4n) is 4.99. The Morgan fingerprint density at radius 1 is 0.887 bits per heavy atom. The fraction of sp³-hybridized carbons (Fsp3) is 0.405. The van der Waals surface area contributed by atoms with E-state index in [9.17, 15) is 24.0 Å². The van der Waals surface area contributed by atoms with Crippen LogP contribution >= 0.6 is 0 Å². The zero-order valence-corrected chi connectivity index (χ0v) is 33.1. The summed E-state index contributed by atoms with van der Waals surface area (Å²) in [4.78, 5) is 69.3. The van der Waals surface area contributed by atoms with Crippen molar-refractivity contribution in [1.82, 2.24) is 15.1 Å². The lowest BCUT2D eigenvalue weighted by atomic mass is 10.1. The predicted molar refractivity (Wildman–Crippen MR) is 188 cm³/mol. The molecule has 1 aromatic heterocycles. The summed E-state index contributed by atoms with van der Waals surface area (Å²) >= 11 is 0. The molecule has 4 amide bonds. The number of carbonyl (C=O) groups is 5. The third-order valence-electron chi connectivity index (χ3n) is 7.25. The number of hydrogen-bond donors (Lipinski definition) is 2. The van der Waals surface area contributed by atoms with Crippen molar-refractivity contribution in [2.24, 2.45) is 7.05 Å². The number of benzene rings is 2. The Bertz CT molecular complexity index is 1780. The average Bonchev–Trinajstić information content (AvgIpc) is 3.50. The largest absolute Gasteiger partial charge is 1.00 e. The van der Waals surface area contributed by atoms with Crippen LogP contribution in [0.1, 0.15) is 68.7 Å². The molecular formula is C37H46IN5O10. The van der Waals surface area contributed by atoms with Crippen molar-refractivity contribution in [3.8, 4) is 16.9 Å². The van der Waals surface area contributed by atoms with Crippen molar-refractivity contribution in [3.63, 3.8) is 0 Å². The van der Waals surface area contributed by atoms with Crippen LogP contribution in [0.5, 0.6) is 5.75 Å². The number of alkyl carbamates (subject to hydrolysis) is 1. The molecule has 2 aromatic carbocycles. The zero-order valence-electron chi connectivity index (χ0n) is 30.9. The minimum atomic E-state index is -1.46. The van der Waals surface area contributed by atoms with Crippen LogP contribution in [0.3, 0.4) is 0 Å². The molecule has 4 rings (SSSR count). The van der Waals surface area contributed by atoms with Crippen molar-refractivity contribution in [3.05, 3.63) is 78.5 Å². The first-order valence-corrected chi connectivity index (χ1v) is 16.7. The van der Waals surface area contributed by atoms with E-state index in [4.69, 9.17) is 23.8 Å². The van der Waals surface area contributed by atoms with E-state index in [0.29, 0.717) is 47.3 Å². The molecule has 15 nitrogen and oxygen atoms in total. The van der Waals surface area contributed by atoms with Crippen molar-refractivity contribution < 1.29 is 76.4 Å². The average molecular weight is 848 g/mol. The number of fused-ring (bicyclic) bond motifs is 1. The Morgan fingerprint density at radius 2 is 1.49 bits per heavy atom. The number of carbonyl (C=O) groups excluding carboxylic acids is 5. The van der Waals surface area contributed by atoms with E-state index < -0.39 is 47.3 Å². The van der Waals surface area contributed by atoms with Crippen molar-refractivity contribution in [2.45, 2.75) is 71.8 Å². The number of imide groups is 1. The lowest BCUT2D eigenvalue weighted by Gasteiger charge is -2.26. The SMILES string of the molecule is C=CCOC(=O)Nc1c(-c2ccc(OCC(ON3C(=O)c4ccccc4C3=O)C(=O)OC(C)(C)C)cc2)cn(CCCNC(=O)OC(C)(C)C)[n+]1C.[I-]. The Kier molecular flexibility index (Phi) is 14.6. The summed E-state index contributed by atoms with van der Waals surface area (Å²) < 4.78 is 25.5. The number of esters is 1. The lowest BCUT2D eigenvalue weighted by Crippen LogP contribution is -3.00. The first-order chi connectivity index (χ1) is 24.5. The van der Waals surface area contributed by atoms with Crippen LogP contribution in [0.2, 0.25) is 0 Å². The molecule has 2 heterocycles. The van der Waals surface area contributed by atoms with E-state index in [-0.39, 0.29) is 48.3 Å². The second-order valence-electron chi connectivity index (χ2n) is 13.8. The van der Waals surface area contributed by atoms with Gasteiger partial charge in [0.15, 0.2) is 0 Å². The quantitative estimate of drug-likeness (QED) is 0.0466. The molecule has 1 aliphatic heterocycles. The molecule has 0 saturated heterocycles. The van der Waals surface area contributed by atoms with Gasteiger partial charge in [-0.3, -0.25) is 9.59 Å². The monoisotopic (exact) mass is 847 g/mol. The van der Waals surface area contributed by atoms with E-state index in [2.05, 4.69) is 17.2 Å². The molecule has 3 aromatic rings. The number of nitrogens with zero attached hydrogens (tertiary/aromatic N) is 3.